The Balaban J connectivity index is 1.95. The zero-order chi connectivity index (χ0) is 16.8. The van der Waals surface area contributed by atoms with Gasteiger partial charge in [-0.15, -0.1) is 0 Å². The number of carbonyl (C=O) groups excluding carboxylic acids is 2. The molecule has 0 unspecified atom stereocenters. The number of amides is 2. The predicted octanol–water partition coefficient (Wildman–Crippen LogP) is 3.07. The maximum atomic E-state index is 12.5. The van der Waals surface area contributed by atoms with E-state index in [0.29, 0.717) is 6.54 Å². The van der Waals surface area contributed by atoms with E-state index in [4.69, 9.17) is 4.42 Å². The maximum absolute atomic E-state index is 12.5. The molecule has 0 spiro atoms. The Morgan fingerprint density at radius 3 is 2.65 bits per heavy atom. The van der Waals surface area contributed by atoms with Crippen LogP contribution in [0.4, 0.5) is 5.69 Å². The molecule has 5 nitrogen and oxygen atoms in total. The second kappa shape index (κ2) is 7.63. The fraction of sp³-hybridized carbons (Fsp3) is 0.333. The molecule has 23 heavy (non-hydrogen) atoms. The quantitative estimate of drug-likeness (QED) is 0.891. The third kappa shape index (κ3) is 4.22. The van der Waals surface area contributed by atoms with Gasteiger partial charge < -0.3 is 14.6 Å². The Hall–Kier alpha value is -2.56. The van der Waals surface area contributed by atoms with Crippen molar-refractivity contribution in [2.24, 2.45) is 0 Å². The van der Waals surface area contributed by atoms with Crippen molar-refractivity contribution in [1.29, 1.82) is 0 Å². The molecule has 0 saturated heterocycles. The number of anilines is 1. The van der Waals surface area contributed by atoms with Crippen LogP contribution in [0.25, 0.3) is 0 Å². The molecular formula is C18H22N2O3. The molecule has 0 saturated carbocycles. The molecule has 0 aliphatic heterocycles. The molecule has 1 aromatic heterocycles. The van der Waals surface area contributed by atoms with Gasteiger partial charge in [-0.05, 0) is 50.1 Å². The summed E-state index contributed by atoms with van der Waals surface area (Å²) in [5, 5.41) is 2.69. The molecule has 0 fully saturated rings. The Morgan fingerprint density at radius 1 is 1.22 bits per heavy atom. The van der Waals surface area contributed by atoms with Crippen LogP contribution in [0.15, 0.2) is 41.0 Å². The summed E-state index contributed by atoms with van der Waals surface area (Å²) in [5.41, 5.74) is 3.10. The highest BCUT2D eigenvalue weighted by atomic mass is 16.3. The van der Waals surface area contributed by atoms with Crippen molar-refractivity contribution in [3.8, 4) is 0 Å². The Kier molecular flexibility index (Phi) is 5.57. The molecular weight excluding hydrogens is 292 g/mol. The van der Waals surface area contributed by atoms with E-state index in [1.807, 2.05) is 39.0 Å². The monoisotopic (exact) mass is 314 g/mol. The summed E-state index contributed by atoms with van der Waals surface area (Å²) >= 11 is 0. The highest BCUT2D eigenvalue weighted by molar-refractivity contribution is 5.95. The number of nitrogens with zero attached hydrogens (tertiary/aromatic N) is 1. The minimum atomic E-state index is -0.308. The molecule has 0 radical (unpaired) electrons. The van der Waals surface area contributed by atoms with Crippen molar-refractivity contribution in [2.75, 3.05) is 18.0 Å². The Labute approximate surface area is 136 Å². The minimum absolute atomic E-state index is 0.0130. The van der Waals surface area contributed by atoms with Crippen LogP contribution in [-0.4, -0.2) is 24.9 Å². The molecule has 2 amide bonds. The molecule has 1 heterocycles. The number of aryl methyl sites for hydroxylation is 2. The third-order valence-corrected chi connectivity index (χ3v) is 3.64. The second-order valence-corrected chi connectivity index (χ2v) is 5.41. The number of rotatable bonds is 6. The minimum Gasteiger partial charge on any atom is -0.459 e. The van der Waals surface area contributed by atoms with Gasteiger partial charge in [0, 0.05) is 25.2 Å². The molecule has 0 atom stereocenters. The Bertz CT molecular complexity index is 678. The maximum Gasteiger partial charge on any atom is 0.286 e. The molecule has 5 heteroatoms. The van der Waals surface area contributed by atoms with Crippen molar-refractivity contribution < 1.29 is 14.0 Å². The number of carbonyl (C=O) groups is 2. The first kappa shape index (κ1) is 16.8. The summed E-state index contributed by atoms with van der Waals surface area (Å²) in [6, 6.07) is 9.29. The van der Waals surface area contributed by atoms with Crippen LogP contribution in [0.1, 0.15) is 35.0 Å². The molecule has 0 aliphatic rings. The highest BCUT2D eigenvalue weighted by Gasteiger charge is 2.16. The van der Waals surface area contributed by atoms with Crippen molar-refractivity contribution in [1.82, 2.24) is 5.32 Å². The first-order chi connectivity index (χ1) is 11.0. The van der Waals surface area contributed by atoms with Crippen molar-refractivity contribution in [3.63, 3.8) is 0 Å². The lowest BCUT2D eigenvalue weighted by Crippen LogP contribution is -2.34. The van der Waals surface area contributed by atoms with Gasteiger partial charge in [0.2, 0.25) is 5.91 Å². The van der Waals surface area contributed by atoms with E-state index in [1.165, 1.54) is 6.26 Å². The summed E-state index contributed by atoms with van der Waals surface area (Å²) in [4.78, 5) is 26.0. The molecule has 0 aliphatic carbocycles. The fourth-order valence-electron chi connectivity index (χ4n) is 2.40. The number of hydrogen-bond donors (Lipinski definition) is 1. The predicted molar refractivity (Wildman–Crippen MR) is 89.6 cm³/mol. The van der Waals surface area contributed by atoms with Crippen LogP contribution >= 0.6 is 0 Å². The van der Waals surface area contributed by atoms with Crippen molar-refractivity contribution in [3.05, 3.63) is 53.5 Å². The zero-order valence-corrected chi connectivity index (χ0v) is 13.8. The van der Waals surface area contributed by atoms with Gasteiger partial charge in [-0.3, -0.25) is 9.59 Å². The van der Waals surface area contributed by atoms with E-state index in [9.17, 15) is 9.59 Å². The molecule has 122 valence electrons. The van der Waals surface area contributed by atoms with Crippen LogP contribution < -0.4 is 10.2 Å². The van der Waals surface area contributed by atoms with Gasteiger partial charge in [0.15, 0.2) is 5.76 Å². The van der Waals surface area contributed by atoms with E-state index in [2.05, 4.69) is 5.32 Å². The summed E-state index contributed by atoms with van der Waals surface area (Å²) in [6.45, 7) is 6.81. The largest absolute Gasteiger partial charge is 0.459 e. The lowest BCUT2D eigenvalue weighted by atomic mass is 10.1. The molecule has 1 N–H and O–H groups in total. The number of nitrogens with one attached hydrogen (secondary N) is 1. The lowest BCUT2D eigenvalue weighted by molar-refractivity contribution is -0.118. The second-order valence-electron chi connectivity index (χ2n) is 5.41. The van der Waals surface area contributed by atoms with Gasteiger partial charge >= 0.3 is 0 Å². The van der Waals surface area contributed by atoms with Crippen LogP contribution in [0.3, 0.4) is 0 Å². The molecule has 1 aromatic carbocycles. The lowest BCUT2D eigenvalue weighted by Gasteiger charge is -2.23. The average Bonchev–Trinajstić information content (AvgIpc) is 3.06. The Morgan fingerprint density at radius 2 is 2.00 bits per heavy atom. The summed E-state index contributed by atoms with van der Waals surface area (Å²) in [5.74, 6) is -0.0714. The van der Waals surface area contributed by atoms with E-state index in [1.54, 1.807) is 17.0 Å². The smallest absolute Gasteiger partial charge is 0.286 e. The normalized spacial score (nSPS) is 10.4. The van der Waals surface area contributed by atoms with Gasteiger partial charge in [0.05, 0.1) is 6.26 Å². The SMILES string of the molecule is CCN(C(=O)CCNC(=O)c1ccco1)c1cc(C)ccc1C. The van der Waals surface area contributed by atoms with Crippen LogP contribution in [0.5, 0.6) is 0 Å². The van der Waals surface area contributed by atoms with Gasteiger partial charge in [-0.1, -0.05) is 12.1 Å². The standard InChI is InChI=1S/C18H22N2O3/c1-4-20(15-12-13(2)7-8-14(15)3)17(21)9-10-19-18(22)16-6-5-11-23-16/h5-8,11-12H,4,9-10H2,1-3H3,(H,19,22). The third-order valence-electron chi connectivity index (χ3n) is 3.64. The van der Waals surface area contributed by atoms with Gasteiger partial charge in [0.25, 0.3) is 5.91 Å². The van der Waals surface area contributed by atoms with E-state index >= 15 is 0 Å². The van der Waals surface area contributed by atoms with Crippen LogP contribution in [0, 0.1) is 13.8 Å². The van der Waals surface area contributed by atoms with E-state index < -0.39 is 0 Å². The van der Waals surface area contributed by atoms with Crippen LogP contribution in [0.2, 0.25) is 0 Å². The van der Waals surface area contributed by atoms with Gasteiger partial charge in [0.1, 0.15) is 0 Å². The topological polar surface area (TPSA) is 62.6 Å². The average molecular weight is 314 g/mol. The van der Waals surface area contributed by atoms with Crippen molar-refractivity contribution in [2.45, 2.75) is 27.2 Å². The van der Waals surface area contributed by atoms with Gasteiger partial charge in [-0.25, -0.2) is 0 Å². The summed E-state index contributed by atoms with van der Waals surface area (Å²) in [7, 11) is 0. The molecule has 2 aromatic rings. The highest BCUT2D eigenvalue weighted by Crippen LogP contribution is 2.22. The fourth-order valence-corrected chi connectivity index (χ4v) is 2.40. The first-order valence-electron chi connectivity index (χ1n) is 7.72. The number of hydrogen-bond acceptors (Lipinski definition) is 3. The summed E-state index contributed by atoms with van der Waals surface area (Å²) < 4.78 is 5.01. The van der Waals surface area contributed by atoms with E-state index in [0.717, 1.165) is 16.8 Å². The van der Waals surface area contributed by atoms with Gasteiger partial charge in [-0.2, -0.15) is 0 Å². The zero-order valence-electron chi connectivity index (χ0n) is 13.8. The molecule has 2 rings (SSSR count). The molecule has 0 bridgehead atoms. The summed E-state index contributed by atoms with van der Waals surface area (Å²) in [6.07, 6.45) is 1.69. The van der Waals surface area contributed by atoms with Crippen LogP contribution in [-0.2, 0) is 4.79 Å². The van der Waals surface area contributed by atoms with Crippen molar-refractivity contribution >= 4 is 17.5 Å². The first-order valence-corrected chi connectivity index (χ1v) is 7.72. The number of furan rings is 1. The van der Waals surface area contributed by atoms with E-state index in [-0.39, 0.29) is 30.5 Å². The number of benzene rings is 1.